The maximum absolute atomic E-state index is 14.8. The van der Waals surface area contributed by atoms with Gasteiger partial charge in [-0.3, -0.25) is 24.5 Å². The Labute approximate surface area is 193 Å². The summed E-state index contributed by atoms with van der Waals surface area (Å²) >= 11 is 5.68. The topological polar surface area (TPSA) is 95.6 Å². The molecule has 0 saturated carbocycles. The van der Waals surface area contributed by atoms with Crippen molar-refractivity contribution in [3.63, 3.8) is 0 Å². The Kier molecular flexibility index (Phi) is 4.24. The third-order valence-electron chi connectivity index (χ3n) is 4.98. The third kappa shape index (κ3) is 4.08. The van der Waals surface area contributed by atoms with Crippen LogP contribution in [0.25, 0.3) is 0 Å². The highest BCUT2D eigenvalue weighted by Gasteiger charge is 2.41. The normalized spacial score (nSPS) is 25.7. The van der Waals surface area contributed by atoms with Crippen molar-refractivity contribution in [2.24, 2.45) is 0 Å². The average Bonchev–Trinajstić information content (AvgIpc) is 3.17. The Morgan fingerprint density at radius 3 is 2.72 bits per heavy atom. The third-order valence-corrected chi connectivity index (χ3v) is 5.23. The second-order valence-electron chi connectivity index (χ2n) is 7.07. The molecule has 0 aliphatic carbocycles. The van der Waals surface area contributed by atoms with Crippen molar-refractivity contribution in [1.29, 1.82) is 0 Å². The Morgan fingerprint density at radius 1 is 1.28 bits per heavy atom. The molecule has 10 heteroatoms. The quantitative estimate of drug-likeness (QED) is 0.662. The second kappa shape index (κ2) is 8.31. The number of carbonyl (C=O) groups is 4. The standard InChI is InChI=1S/C22H18ClF2N3O4/c23-15-4-2-14(3-5-15)22(24,25)21(32)26-10-12-1-6-16-13(9-12)11-28(20(16)31)17-7-8-18(29)27-19(17)30/h1-6,9,17H,7-8,10-11H2,(H,26,32)(H,27,29,30)/i7D,8D,10D2/hD. The molecule has 7 nitrogen and oxygen atoms in total. The van der Waals surface area contributed by atoms with E-state index >= 15 is 0 Å². The molecule has 1 fully saturated rings. The van der Waals surface area contributed by atoms with Gasteiger partial charge in [0.05, 0.1) is 2.74 Å². The summed E-state index contributed by atoms with van der Waals surface area (Å²) < 4.78 is 69.7. The summed E-state index contributed by atoms with van der Waals surface area (Å²) in [6.07, 6.45) is -3.18. The SMILES string of the molecule is [2H]C1C(=O)NC(=O)C(N2Cc3cc(C([2H])([2H])N([2H])C(=O)C(F)(F)c4ccc(Cl)cc4)ccc3C2=O)C1[2H]. The van der Waals surface area contributed by atoms with Crippen LogP contribution < -0.4 is 10.6 Å². The van der Waals surface area contributed by atoms with E-state index < -0.39 is 65.8 Å². The van der Waals surface area contributed by atoms with Gasteiger partial charge in [0.1, 0.15) is 6.04 Å². The molecule has 4 rings (SSSR count). The van der Waals surface area contributed by atoms with E-state index in [2.05, 4.69) is 0 Å². The largest absolute Gasteiger partial charge is 0.349 e. The minimum Gasteiger partial charge on any atom is -0.346 e. The summed E-state index contributed by atoms with van der Waals surface area (Å²) in [6.45, 7) is -3.36. The lowest BCUT2D eigenvalue weighted by Gasteiger charge is -2.29. The maximum Gasteiger partial charge on any atom is 0.349 e. The van der Waals surface area contributed by atoms with Crippen LogP contribution in [0.2, 0.25) is 6.43 Å². The monoisotopic (exact) mass is 466 g/mol. The van der Waals surface area contributed by atoms with Crippen LogP contribution in [0.3, 0.4) is 0 Å². The lowest BCUT2D eigenvalue weighted by atomic mass is 10.0. The van der Waals surface area contributed by atoms with Gasteiger partial charge >= 0.3 is 5.92 Å². The predicted molar refractivity (Wildman–Crippen MR) is 110 cm³/mol. The average molecular weight is 467 g/mol. The van der Waals surface area contributed by atoms with Gasteiger partial charge in [0.15, 0.2) is 1.41 Å². The van der Waals surface area contributed by atoms with Gasteiger partial charge in [-0.2, -0.15) is 8.78 Å². The number of amides is 4. The molecule has 2 aromatic carbocycles. The van der Waals surface area contributed by atoms with Crippen LogP contribution in [0, 0.1) is 0 Å². The fourth-order valence-corrected chi connectivity index (χ4v) is 3.48. The molecule has 0 spiro atoms. The Hall–Kier alpha value is -3.33. The summed E-state index contributed by atoms with van der Waals surface area (Å²) in [6, 6.07) is 5.85. The zero-order valence-electron chi connectivity index (χ0n) is 21.1. The molecular formula is C22H18ClF2N3O4. The Balaban J connectivity index is 1.60. The first-order valence-corrected chi connectivity index (χ1v) is 9.66. The fourth-order valence-electron chi connectivity index (χ4n) is 3.35. The number of halogens is 3. The van der Waals surface area contributed by atoms with Crippen LogP contribution in [0.4, 0.5) is 8.78 Å². The maximum atomic E-state index is 14.8. The van der Waals surface area contributed by atoms with Crippen molar-refractivity contribution < 1.29 is 34.9 Å². The van der Waals surface area contributed by atoms with E-state index in [0.717, 1.165) is 47.4 Å². The number of hydrogen-bond donors (Lipinski definition) is 2. The molecule has 4 amide bonds. The lowest BCUT2D eigenvalue weighted by molar-refractivity contribution is -0.147. The van der Waals surface area contributed by atoms with Crippen molar-refractivity contribution >= 4 is 35.2 Å². The molecule has 3 unspecified atom stereocenters. The van der Waals surface area contributed by atoms with E-state index in [9.17, 15) is 28.0 Å². The number of hydrogen-bond acceptors (Lipinski definition) is 4. The van der Waals surface area contributed by atoms with Gasteiger partial charge in [-0.05, 0) is 35.7 Å². The van der Waals surface area contributed by atoms with E-state index in [0.29, 0.717) is 0 Å². The number of carbonyl (C=O) groups excluding carboxylic acids is 4. The molecule has 2 aliphatic heterocycles. The zero-order valence-corrected chi connectivity index (χ0v) is 16.9. The van der Waals surface area contributed by atoms with Crippen molar-refractivity contribution in [2.45, 2.75) is 37.8 Å². The highest BCUT2D eigenvalue weighted by molar-refractivity contribution is 6.30. The molecule has 3 atom stereocenters. The molecule has 166 valence electrons. The van der Waals surface area contributed by atoms with Gasteiger partial charge in [0.2, 0.25) is 11.8 Å². The van der Waals surface area contributed by atoms with Gasteiger partial charge < -0.3 is 10.2 Å². The number of rotatable bonds is 5. The zero-order chi connectivity index (χ0) is 27.4. The highest BCUT2D eigenvalue weighted by Crippen LogP contribution is 2.30. The summed E-state index contributed by atoms with van der Waals surface area (Å²) in [5.74, 6) is -8.99. The molecule has 2 heterocycles. The van der Waals surface area contributed by atoms with E-state index in [1.807, 2.05) is 5.32 Å². The number of nitrogens with zero attached hydrogens (tertiary/aromatic N) is 1. The Bertz CT molecular complexity index is 1310. The number of alkyl halides is 2. The van der Waals surface area contributed by atoms with E-state index in [-0.39, 0.29) is 28.3 Å². The highest BCUT2D eigenvalue weighted by atomic mass is 35.5. The fraction of sp³-hybridized carbons (Fsp3) is 0.273. The molecule has 0 bridgehead atoms. The van der Waals surface area contributed by atoms with Gasteiger partial charge in [0, 0.05) is 38.3 Å². The van der Waals surface area contributed by atoms with Gasteiger partial charge in [-0.15, -0.1) is 0 Å². The molecule has 2 aliphatic rings. The number of fused-ring (bicyclic) bond motifs is 1. The van der Waals surface area contributed by atoms with Gasteiger partial charge in [0.25, 0.3) is 11.8 Å². The summed E-state index contributed by atoms with van der Waals surface area (Å²) in [5, 5.41) is 1.60. The van der Waals surface area contributed by atoms with Crippen molar-refractivity contribution in [1.82, 2.24) is 15.5 Å². The predicted octanol–water partition coefficient (Wildman–Crippen LogP) is 2.51. The van der Waals surface area contributed by atoms with Crippen LogP contribution in [0.5, 0.6) is 0 Å². The summed E-state index contributed by atoms with van der Waals surface area (Å²) in [4.78, 5) is 50.3. The molecule has 1 saturated heterocycles. The molecule has 2 aromatic rings. The lowest BCUT2D eigenvalue weighted by Crippen LogP contribution is -2.52. The molecule has 32 heavy (non-hydrogen) atoms. The minimum atomic E-state index is -4.25. The van der Waals surface area contributed by atoms with Crippen LogP contribution in [0.1, 0.15) is 45.3 Å². The summed E-state index contributed by atoms with van der Waals surface area (Å²) in [7, 11) is 0. The second-order valence-corrected chi connectivity index (χ2v) is 7.51. The number of imide groups is 1. The molecular weight excluding hydrogens is 444 g/mol. The number of benzene rings is 2. The smallest absolute Gasteiger partial charge is 0.346 e. The van der Waals surface area contributed by atoms with Gasteiger partial charge in [-0.25, -0.2) is 0 Å². The van der Waals surface area contributed by atoms with Crippen LogP contribution in [-0.2, 0) is 33.3 Å². The minimum absolute atomic E-state index is 0.0207. The van der Waals surface area contributed by atoms with Crippen LogP contribution >= 0.6 is 11.6 Å². The van der Waals surface area contributed by atoms with Crippen molar-refractivity contribution in [3.05, 3.63) is 69.7 Å². The van der Waals surface area contributed by atoms with Crippen LogP contribution in [0.15, 0.2) is 42.5 Å². The van der Waals surface area contributed by atoms with E-state index in [1.165, 1.54) is 0 Å². The van der Waals surface area contributed by atoms with Gasteiger partial charge in [-0.1, -0.05) is 35.9 Å². The Morgan fingerprint density at radius 2 is 2.00 bits per heavy atom. The first-order chi connectivity index (χ1) is 17.2. The van der Waals surface area contributed by atoms with Crippen LogP contribution in [-0.4, -0.2) is 34.6 Å². The first-order valence-electron chi connectivity index (χ1n) is 11.9. The van der Waals surface area contributed by atoms with E-state index in [4.69, 9.17) is 18.5 Å². The first kappa shape index (κ1) is 16.3. The van der Waals surface area contributed by atoms with E-state index in [1.54, 1.807) is 0 Å². The molecule has 2 N–H and O–H groups in total. The number of piperidine rings is 1. The molecule has 0 aromatic heterocycles. The molecule has 0 radical (unpaired) electrons. The summed E-state index contributed by atoms with van der Waals surface area (Å²) in [5.41, 5.74) is -1.00. The van der Waals surface area contributed by atoms with Crippen molar-refractivity contribution in [3.8, 4) is 0 Å². The number of nitrogens with one attached hydrogen (secondary N) is 2. The van der Waals surface area contributed by atoms with Crippen molar-refractivity contribution in [2.75, 3.05) is 0 Å².